The highest BCUT2D eigenvalue weighted by molar-refractivity contribution is 5.86. The van der Waals surface area contributed by atoms with Crippen LogP contribution in [0.25, 0.3) is 11.0 Å². The fourth-order valence-corrected chi connectivity index (χ4v) is 3.08. The first kappa shape index (κ1) is 13.9. The van der Waals surface area contributed by atoms with Crippen molar-refractivity contribution >= 4 is 22.8 Å². The molecule has 0 amide bonds. The zero-order valence-corrected chi connectivity index (χ0v) is 13.0. The number of hydrogen-bond acceptors (Lipinski definition) is 7. The Bertz CT molecular complexity index is 799. The highest BCUT2D eigenvalue weighted by Crippen LogP contribution is 2.25. The van der Waals surface area contributed by atoms with Gasteiger partial charge in [-0.05, 0) is 18.8 Å². The van der Waals surface area contributed by atoms with E-state index in [1.165, 1.54) is 0 Å². The summed E-state index contributed by atoms with van der Waals surface area (Å²) in [5.41, 5.74) is 6.82. The molecule has 23 heavy (non-hydrogen) atoms. The van der Waals surface area contributed by atoms with Gasteiger partial charge in [-0.15, -0.1) is 5.10 Å². The van der Waals surface area contributed by atoms with Crippen LogP contribution in [0, 0.1) is 5.92 Å². The third-order valence-electron chi connectivity index (χ3n) is 4.42. The predicted octanol–water partition coefficient (Wildman–Crippen LogP) is 0.454. The van der Waals surface area contributed by atoms with Crippen molar-refractivity contribution in [2.24, 2.45) is 13.0 Å². The smallest absolute Gasteiger partial charge is 0.229 e. The van der Waals surface area contributed by atoms with Gasteiger partial charge in [0.1, 0.15) is 5.82 Å². The van der Waals surface area contributed by atoms with E-state index in [1.807, 2.05) is 17.9 Å². The fourth-order valence-electron chi connectivity index (χ4n) is 3.08. The molecule has 0 unspecified atom stereocenters. The third-order valence-corrected chi connectivity index (χ3v) is 4.42. The van der Waals surface area contributed by atoms with Gasteiger partial charge in [0.15, 0.2) is 5.65 Å². The van der Waals surface area contributed by atoms with E-state index in [2.05, 4.69) is 30.3 Å². The van der Waals surface area contributed by atoms with Gasteiger partial charge in [-0.1, -0.05) is 5.21 Å². The van der Waals surface area contributed by atoms with Crippen molar-refractivity contribution in [1.29, 1.82) is 0 Å². The van der Waals surface area contributed by atoms with Gasteiger partial charge in [0.25, 0.3) is 0 Å². The summed E-state index contributed by atoms with van der Waals surface area (Å²) in [5, 5.41) is 12.9. The molecule has 3 aromatic rings. The molecule has 4 rings (SSSR count). The molecule has 4 heterocycles. The first-order chi connectivity index (χ1) is 11.2. The van der Waals surface area contributed by atoms with Crippen LogP contribution in [0.4, 0.5) is 11.8 Å². The van der Waals surface area contributed by atoms with Gasteiger partial charge in [0.2, 0.25) is 5.95 Å². The summed E-state index contributed by atoms with van der Waals surface area (Å²) in [7, 11) is 1.86. The van der Waals surface area contributed by atoms with E-state index in [0.29, 0.717) is 17.7 Å². The zero-order valence-electron chi connectivity index (χ0n) is 13.0. The van der Waals surface area contributed by atoms with Gasteiger partial charge in [-0.3, -0.25) is 9.36 Å². The van der Waals surface area contributed by atoms with E-state index in [0.717, 1.165) is 43.5 Å². The zero-order chi connectivity index (χ0) is 15.8. The molecule has 120 valence electrons. The standard InChI is InChI=1S/C14H19N9/c1-21-13-11(8-17-21)12(15)18-14(19-13)22-5-2-10(3-6-22)9-23-7-4-16-20-23/h4,7-8,10H,2-3,5-6,9H2,1H3,(H2,15,18,19). The first-order valence-corrected chi connectivity index (χ1v) is 7.75. The number of fused-ring (bicyclic) bond motifs is 1. The van der Waals surface area contributed by atoms with Crippen molar-refractivity contribution in [2.45, 2.75) is 19.4 Å². The predicted molar refractivity (Wildman–Crippen MR) is 85.7 cm³/mol. The molecule has 1 fully saturated rings. The molecule has 1 aliphatic heterocycles. The molecule has 0 aliphatic carbocycles. The Hall–Kier alpha value is -2.71. The van der Waals surface area contributed by atoms with E-state index < -0.39 is 0 Å². The topological polar surface area (TPSA) is 104 Å². The summed E-state index contributed by atoms with van der Waals surface area (Å²) in [4.78, 5) is 11.3. The molecule has 1 aliphatic rings. The maximum Gasteiger partial charge on any atom is 0.229 e. The first-order valence-electron chi connectivity index (χ1n) is 7.75. The van der Waals surface area contributed by atoms with Crippen LogP contribution in [-0.4, -0.2) is 47.8 Å². The van der Waals surface area contributed by atoms with Crippen molar-refractivity contribution < 1.29 is 0 Å². The molecule has 0 atom stereocenters. The fraction of sp³-hybridized carbons (Fsp3) is 0.500. The van der Waals surface area contributed by atoms with Gasteiger partial charge >= 0.3 is 0 Å². The van der Waals surface area contributed by atoms with E-state index >= 15 is 0 Å². The lowest BCUT2D eigenvalue weighted by atomic mass is 9.97. The molecular weight excluding hydrogens is 294 g/mol. The van der Waals surface area contributed by atoms with E-state index in [1.54, 1.807) is 17.1 Å². The minimum Gasteiger partial charge on any atom is -0.383 e. The number of rotatable bonds is 3. The van der Waals surface area contributed by atoms with Crippen LogP contribution in [0.15, 0.2) is 18.6 Å². The quantitative estimate of drug-likeness (QED) is 0.748. The maximum absolute atomic E-state index is 6.05. The van der Waals surface area contributed by atoms with Crippen molar-refractivity contribution in [2.75, 3.05) is 23.7 Å². The van der Waals surface area contributed by atoms with Crippen molar-refractivity contribution in [3.8, 4) is 0 Å². The molecule has 1 saturated heterocycles. The van der Waals surface area contributed by atoms with E-state index in [4.69, 9.17) is 5.73 Å². The van der Waals surface area contributed by atoms with E-state index in [9.17, 15) is 0 Å². The van der Waals surface area contributed by atoms with Crippen molar-refractivity contribution in [3.63, 3.8) is 0 Å². The van der Waals surface area contributed by atoms with Crippen LogP contribution in [0.2, 0.25) is 0 Å². The number of nitrogens with zero attached hydrogens (tertiary/aromatic N) is 8. The molecule has 2 N–H and O–H groups in total. The normalized spacial score (nSPS) is 16.3. The highest BCUT2D eigenvalue weighted by Gasteiger charge is 2.22. The van der Waals surface area contributed by atoms with Gasteiger partial charge in [-0.2, -0.15) is 15.1 Å². The number of aromatic nitrogens is 7. The molecule has 0 saturated carbocycles. The summed E-state index contributed by atoms with van der Waals surface area (Å²) in [6, 6.07) is 0. The van der Waals surface area contributed by atoms with Gasteiger partial charge in [-0.25, -0.2) is 0 Å². The molecule has 0 aromatic carbocycles. The maximum atomic E-state index is 6.05. The number of hydrogen-bond donors (Lipinski definition) is 1. The average molecular weight is 313 g/mol. The molecule has 3 aromatic heterocycles. The summed E-state index contributed by atoms with van der Waals surface area (Å²) in [6.07, 6.45) is 7.49. The second-order valence-electron chi connectivity index (χ2n) is 5.97. The molecular formula is C14H19N9. The molecule has 0 radical (unpaired) electrons. The lowest BCUT2D eigenvalue weighted by Crippen LogP contribution is -2.36. The monoisotopic (exact) mass is 313 g/mol. The number of piperidine rings is 1. The van der Waals surface area contributed by atoms with Crippen molar-refractivity contribution in [1.82, 2.24) is 34.7 Å². The van der Waals surface area contributed by atoms with Gasteiger partial charge in [0.05, 0.1) is 17.8 Å². The van der Waals surface area contributed by atoms with E-state index in [-0.39, 0.29) is 0 Å². The number of nitrogens with two attached hydrogens (primary N) is 1. The molecule has 0 spiro atoms. The minimum atomic E-state index is 0.489. The van der Waals surface area contributed by atoms with Crippen LogP contribution >= 0.6 is 0 Å². The van der Waals surface area contributed by atoms with Crippen LogP contribution < -0.4 is 10.6 Å². The Labute approximate surface area is 133 Å². The number of nitrogen functional groups attached to an aromatic ring is 1. The lowest BCUT2D eigenvalue weighted by molar-refractivity contribution is 0.337. The SMILES string of the molecule is Cn1ncc2c(N)nc(N3CCC(Cn4ccnn4)CC3)nc21. The Morgan fingerprint density at radius 3 is 2.83 bits per heavy atom. The van der Waals surface area contributed by atoms with Gasteiger partial charge in [0, 0.05) is 32.9 Å². The second-order valence-corrected chi connectivity index (χ2v) is 5.97. The van der Waals surface area contributed by atoms with Crippen LogP contribution in [0.5, 0.6) is 0 Å². The number of aryl methyl sites for hydroxylation is 1. The third kappa shape index (κ3) is 2.58. The lowest BCUT2D eigenvalue weighted by Gasteiger charge is -2.31. The summed E-state index contributed by atoms with van der Waals surface area (Å²) < 4.78 is 3.63. The van der Waals surface area contributed by atoms with Crippen LogP contribution in [-0.2, 0) is 13.6 Å². The van der Waals surface area contributed by atoms with Crippen LogP contribution in [0.3, 0.4) is 0 Å². The minimum absolute atomic E-state index is 0.489. The molecule has 9 nitrogen and oxygen atoms in total. The largest absolute Gasteiger partial charge is 0.383 e. The number of anilines is 2. The Kier molecular flexibility index (Phi) is 3.32. The second kappa shape index (κ2) is 5.49. The molecule has 9 heteroatoms. The molecule has 0 bridgehead atoms. The van der Waals surface area contributed by atoms with Crippen LogP contribution in [0.1, 0.15) is 12.8 Å². The van der Waals surface area contributed by atoms with Crippen molar-refractivity contribution in [3.05, 3.63) is 18.6 Å². The Morgan fingerprint density at radius 1 is 1.26 bits per heavy atom. The Morgan fingerprint density at radius 2 is 2.09 bits per heavy atom. The Balaban J connectivity index is 1.48. The summed E-state index contributed by atoms with van der Waals surface area (Å²) >= 11 is 0. The van der Waals surface area contributed by atoms with Gasteiger partial charge < -0.3 is 10.6 Å². The summed E-state index contributed by atoms with van der Waals surface area (Å²) in [5.74, 6) is 1.78. The average Bonchev–Trinajstić information content (AvgIpc) is 3.19. The highest BCUT2D eigenvalue weighted by atomic mass is 15.4. The summed E-state index contributed by atoms with van der Waals surface area (Å²) in [6.45, 7) is 2.75.